The van der Waals surface area contributed by atoms with Crippen molar-refractivity contribution in [3.8, 4) is 0 Å². The highest BCUT2D eigenvalue weighted by atomic mass is 79.9. The van der Waals surface area contributed by atoms with Crippen molar-refractivity contribution < 1.29 is 19.8 Å². The minimum atomic E-state index is -0.945. The third-order valence-corrected chi connectivity index (χ3v) is 4.23. The summed E-state index contributed by atoms with van der Waals surface area (Å²) in [7, 11) is 0. The number of benzene rings is 1. The van der Waals surface area contributed by atoms with Crippen LogP contribution in [0.2, 0.25) is 0 Å². The average Bonchev–Trinajstić information content (AvgIpc) is 2.38. The van der Waals surface area contributed by atoms with Crippen molar-refractivity contribution in [2.45, 2.75) is 18.8 Å². The Balaban J connectivity index is 2.36. The first-order valence-electron chi connectivity index (χ1n) is 6.13. The van der Waals surface area contributed by atoms with E-state index >= 15 is 0 Å². The van der Waals surface area contributed by atoms with Crippen LogP contribution in [0, 0.1) is 11.8 Å². The van der Waals surface area contributed by atoms with Gasteiger partial charge in [0.2, 0.25) is 0 Å². The van der Waals surface area contributed by atoms with Gasteiger partial charge in [-0.2, -0.15) is 0 Å². The van der Waals surface area contributed by atoms with Crippen LogP contribution in [0.15, 0.2) is 28.7 Å². The van der Waals surface area contributed by atoms with Gasteiger partial charge in [0.25, 0.3) is 0 Å². The highest BCUT2D eigenvalue weighted by Gasteiger charge is 2.41. The molecule has 1 saturated carbocycles. The SMILES string of the molecule is O=C1C[C@H](CO)[C@H](C(=O)O)[C@H](c2ccc(Br)cc2)C1. The Hall–Kier alpha value is -1.20. The van der Waals surface area contributed by atoms with Gasteiger partial charge in [0.1, 0.15) is 5.78 Å². The lowest BCUT2D eigenvalue weighted by Gasteiger charge is -2.34. The van der Waals surface area contributed by atoms with Gasteiger partial charge < -0.3 is 10.2 Å². The third kappa shape index (κ3) is 3.04. The van der Waals surface area contributed by atoms with E-state index in [0.29, 0.717) is 0 Å². The summed E-state index contributed by atoms with van der Waals surface area (Å²) < 4.78 is 0.906. The first-order chi connectivity index (χ1) is 9.02. The van der Waals surface area contributed by atoms with Gasteiger partial charge in [-0.1, -0.05) is 28.1 Å². The number of carbonyl (C=O) groups is 2. The number of aliphatic hydroxyl groups excluding tert-OH is 1. The summed E-state index contributed by atoms with van der Waals surface area (Å²) in [5, 5.41) is 18.7. The standard InChI is InChI=1S/C14H15BrO4/c15-10-3-1-8(2-4-10)12-6-11(17)5-9(7-16)13(12)14(18)19/h1-4,9,12-13,16H,5-7H2,(H,18,19)/t9-,12+,13+/m1/s1. The molecular formula is C14H15BrO4. The Kier molecular flexibility index (Phi) is 4.37. The molecule has 3 atom stereocenters. The smallest absolute Gasteiger partial charge is 0.307 e. The van der Waals surface area contributed by atoms with Gasteiger partial charge in [-0.25, -0.2) is 0 Å². The molecule has 0 spiro atoms. The molecule has 1 aliphatic rings. The van der Waals surface area contributed by atoms with E-state index in [-0.39, 0.29) is 31.1 Å². The van der Waals surface area contributed by atoms with Crippen LogP contribution < -0.4 is 0 Å². The number of ketones is 1. The highest BCUT2D eigenvalue weighted by molar-refractivity contribution is 9.10. The summed E-state index contributed by atoms with van der Waals surface area (Å²) in [4.78, 5) is 23.2. The number of aliphatic hydroxyl groups is 1. The Labute approximate surface area is 119 Å². The zero-order chi connectivity index (χ0) is 14.0. The maximum absolute atomic E-state index is 11.7. The van der Waals surface area contributed by atoms with Crippen LogP contribution in [0.1, 0.15) is 24.3 Å². The number of hydrogen-bond donors (Lipinski definition) is 2. The van der Waals surface area contributed by atoms with Crippen molar-refractivity contribution in [1.29, 1.82) is 0 Å². The second-order valence-corrected chi connectivity index (χ2v) is 5.83. The van der Waals surface area contributed by atoms with Gasteiger partial charge in [-0.3, -0.25) is 9.59 Å². The molecule has 1 aliphatic carbocycles. The average molecular weight is 327 g/mol. The number of carboxylic acids is 1. The van der Waals surface area contributed by atoms with Crippen molar-refractivity contribution in [2.75, 3.05) is 6.61 Å². The zero-order valence-electron chi connectivity index (χ0n) is 10.3. The van der Waals surface area contributed by atoms with Crippen molar-refractivity contribution >= 4 is 27.7 Å². The number of aliphatic carboxylic acids is 1. The van der Waals surface area contributed by atoms with E-state index in [1.54, 1.807) is 0 Å². The first-order valence-corrected chi connectivity index (χ1v) is 6.93. The van der Waals surface area contributed by atoms with Crippen molar-refractivity contribution in [3.05, 3.63) is 34.3 Å². The van der Waals surface area contributed by atoms with Gasteiger partial charge in [-0.15, -0.1) is 0 Å². The van der Waals surface area contributed by atoms with E-state index < -0.39 is 17.8 Å². The van der Waals surface area contributed by atoms with Crippen LogP contribution in [-0.4, -0.2) is 28.6 Å². The second kappa shape index (κ2) is 5.84. The van der Waals surface area contributed by atoms with Crippen molar-refractivity contribution in [3.63, 3.8) is 0 Å². The molecule has 5 heteroatoms. The molecule has 1 aromatic rings. The van der Waals surface area contributed by atoms with Gasteiger partial charge >= 0.3 is 5.97 Å². The van der Waals surface area contributed by atoms with Crippen LogP contribution in [0.5, 0.6) is 0 Å². The van der Waals surface area contributed by atoms with Crippen LogP contribution in [0.25, 0.3) is 0 Å². The molecule has 0 saturated heterocycles. The molecule has 0 aromatic heterocycles. The van der Waals surface area contributed by atoms with Gasteiger partial charge in [0, 0.05) is 35.8 Å². The summed E-state index contributed by atoms with van der Waals surface area (Å²) in [5.74, 6) is -2.48. The Morgan fingerprint density at radius 1 is 1.26 bits per heavy atom. The second-order valence-electron chi connectivity index (χ2n) is 4.91. The third-order valence-electron chi connectivity index (χ3n) is 3.70. The van der Waals surface area contributed by atoms with E-state index in [0.717, 1.165) is 10.0 Å². The minimum Gasteiger partial charge on any atom is -0.481 e. The predicted molar refractivity (Wildman–Crippen MR) is 72.8 cm³/mol. The van der Waals surface area contributed by atoms with Crippen molar-refractivity contribution in [2.24, 2.45) is 11.8 Å². The topological polar surface area (TPSA) is 74.6 Å². The molecule has 1 fully saturated rings. The Morgan fingerprint density at radius 2 is 1.89 bits per heavy atom. The van der Waals surface area contributed by atoms with Gasteiger partial charge in [0.15, 0.2) is 0 Å². The van der Waals surface area contributed by atoms with Gasteiger partial charge in [0.05, 0.1) is 5.92 Å². The summed E-state index contributed by atoms with van der Waals surface area (Å²) in [6, 6.07) is 7.33. The Morgan fingerprint density at radius 3 is 2.42 bits per heavy atom. The highest BCUT2D eigenvalue weighted by Crippen LogP contribution is 2.40. The van der Waals surface area contributed by atoms with E-state index in [2.05, 4.69) is 15.9 Å². The molecule has 0 bridgehead atoms. The lowest BCUT2D eigenvalue weighted by Crippen LogP contribution is -2.38. The fourth-order valence-electron chi connectivity index (χ4n) is 2.79. The van der Waals surface area contributed by atoms with E-state index in [9.17, 15) is 19.8 Å². The van der Waals surface area contributed by atoms with Crippen molar-refractivity contribution in [1.82, 2.24) is 0 Å². The quantitative estimate of drug-likeness (QED) is 0.893. The fourth-order valence-corrected chi connectivity index (χ4v) is 3.05. The molecule has 0 unspecified atom stereocenters. The molecule has 4 nitrogen and oxygen atoms in total. The summed E-state index contributed by atoms with van der Waals surface area (Å²) >= 11 is 3.33. The summed E-state index contributed by atoms with van der Waals surface area (Å²) in [6.45, 7) is -0.268. The lowest BCUT2D eigenvalue weighted by atomic mass is 9.69. The maximum Gasteiger partial charge on any atom is 0.307 e. The number of carbonyl (C=O) groups excluding carboxylic acids is 1. The molecule has 0 aliphatic heterocycles. The number of hydrogen-bond acceptors (Lipinski definition) is 3. The van der Waals surface area contributed by atoms with Crippen LogP contribution in [0.3, 0.4) is 0 Å². The summed E-state index contributed by atoms with van der Waals surface area (Å²) in [6.07, 6.45) is 0.385. The van der Waals surface area contributed by atoms with Crippen LogP contribution in [0.4, 0.5) is 0 Å². The first kappa shape index (κ1) is 14.2. The molecule has 2 rings (SSSR count). The monoisotopic (exact) mass is 326 g/mol. The molecule has 19 heavy (non-hydrogen) atoms. The Bertz CT molecular complexity index is 483. The van der Waals surface area contributed by atoms with E-state index in [4.69, 9.17) is 0 Å². The normalized spacial score (nSPS) is 27.3. The molecule has 0 radical (unpaired) electrons. The van der Waals surface area contributed by atoms with E-state index in [1.807, 2.05) is 24.3 Å². The van der Waals surface area contributed by atoms with Crippen LogP contribution >= 0.6 is 15.9 Å². The molecular weight excluding hydrogens is 312 g/mol. The zero-order valence-corrected chi connectivity index (χ0v) is 11.8. The number of carboxylic acid groups (broad SMARTS) is 1. The molecule has 2 N–H and O–H groups in total. The lowest BCUT2D eigenvalue weighted by molar-refractivity contribution is -0.148. The maximum atomic E-state index is 11.7. The largest absolute Gasteiger partial charge is 0.481 e. The predicted octanol–water partition coefficient (Wildman–Crippen LogP) is 2.20. The number of Topliss-reactive ketones (excluding diaryl/α,β-unsaturated/α-hetero) is 1. The van der Waals surface area contributed by atoms with E-state index in [1.165, 1.54) is 0 Å². The minimum absolute atomic E-state index is 0.0180. The number of halogens is 1. The number of rotatable bonds is 3. The van der Waals surface area contributed by atoms with Gasteiger partial charge in [-0.05, 0) is 17.7 Å². The molecule has 1 aromatic carbocycles. The summed E-state index contributed by atoms with van der Waals surface area (Å²) in [5.41, 5.74) is 0.835. The fraction of sp³-hybridized carbons (Fsp3) is 0.429. The van der Waals surface area contributed by atoms with Crippen LogP contribution in [-0.2, 0) is 9.59 Å². The molecule has 0 heterocycles. The molecule has 0 amide bonds. The molecule has 102 valence electrons.